The number of esters is 5. The molecule has 2 atom stereocenters. The van der Waals surface area contributed by atoms with Gasteiger partial charge in [-0.25, -0.2) is 53.7 Å². The van der Waals surface area contributed by atoms with Gasteiger partial charge in [-0.05, 0) is 281 Å². The number of hydrogen-bond acceptors (Lipinski definition) is 25. The topological polar surface area (TPSA) is 516 Å². The van der Waals surface area contributed by atoms with Crippen molar-refractivity contribution >= 4 is 110 Å². The van der Waals surface area contributed by atoms with Crippen LogP contribution in [0.1, 0.15) is 234 Å². The van der Waals surface area contributed by atoms with E-state index in [0.29, 0.717) is 99.0 Å². The maximum atomic E-state index is 11.6. The predicted molar refractivity (Wildman–Crippen MR) is 484 cm³/mol. The molecule has 32 nitrogen and oxygen atoms in total. The van der Waals surface area contributed by atoms with Crippen LogP contribution in [0.25, 0.3) is 34.2 Å². The molecule has 0 bridgehead atoms. The van der Waals surface area contributed by atoms with Gasteiger partial charge in [0.05, 0.1) is 50.8 Å². The number of aryl methyl sites for hydroxylation is 5. The molecular weight excluding hydrogens is 1700 g/mol. The minimum absolute atomic E-state index is 0. The number of carboxylic acid groups (broad SMARTS) is 1. The zero-order chi connectivity index (χ0) is 92.0. The van der Waals surface area contributed by atoms with E-state index in [1.807, 2.05) is 66.9 Å². The number of aromatic amines is 6. The Morgan fingerprint density at radius 3 is 1.19 bits per heavy atom. The van der Waals surface area contributed by atoms with Crippen molar-refractivity contribution in [2.24, 2.45) is 0 Å². The van der Waals surface area contributed by atoms with Crippen LogP contribution in [0.2, 0.25) is 0 Å². The molecule has 14 N–H and O–H groups in total. The Morgan fingerprint density at radius 1 is 0.484 bits per heavy atom. The van der Waals surface area contributed by atoms with E-state index in [1.165, 1.54) is 6.92 Å². The molecule has 0 aliphatic carbocycles. The van der Waals surface area contributed by atoms with E-state index in [-0.39, 0.29) is 113 Å². The summed E-state index contributed by atoms with van der Waals surface area (Å²) >= 11 is 3.21. The van der Waals surface area contributed by atoms with Crippen molar-refractivity contribution in [3.05, 3.63) is 261 Å². The summed E-state index contributed by atoms with van der Waals surface area (Å²) in [5.41, 5.74) is 16.8. The van der Waals surface area contributed by atoms with Gasteiger partial charge in [-0.1, -0.05) is 30.4 Å². The van der Waals surface area contributed by atoms with Gasteiger partial charge in [0.2, 0.25) is 0 Å². The van der Waals surface area contributed by atoms with Crippen LogP contribution in [-0.4, -0.2) is 198 Å². The molecule has 676 valence electrons. The molecule has 11 heterocycles. The van der Waals surface area contributed by atoms with Gasteiger partial charge < -0.3 is 95.1 Å². The van der Waals surface area contributed by atoms with Crippen molar-refractivity contribution < 1.29 is 127 Å². The third-order valence-electron chi connectivity index (χ3n) is 15.8. The number of ether oxygens (including phenoxy) is 5. The van der Waals surface area contributed by atoms with E-state index < -0.39 is 5.97 Å². The number of anilines is 1. The number of aromatic carboxylic acids is 1. The average molecular weight is 1820 g/mol. The molecule has 126 heavy (non-hydrogen) atoms. The van der Waals surface area contributed by atoms with Crippen LogP contribution in [0, 0.1) is 0 Å². The Balaban J connectivity index is 0.00000143. The van der Waals surface area contributed by atoms with Crippen molar-refractivity contribution in [2.45, 2.75) is 165 Å². The number of aliphatic hydroxyl groups is 4. The minimum Gasteiger partial charge on any atom is -0.870 e. The molecule has 0 spiro atoms. The van der Waals surface area contributed by atoms with E-state index in [2.05, 4.69) is 83.4 Å². The van der Waals surface area contributed by atoms with E-state index in [9.17, 15) is 43.2 Å². The Kier molecular flexibility index (Phi) is 62.0. The first-order chi connectivity index (χ1) is 59.5. The Morgan fingerprint density at radius 2 is 0.849 bits per heavy atom. The zero-order valence-corrected chi connectivity index (χ0v) is 77.4. The number of nitrogens with zero attached hydrogens (tertiary/aromatic N) is 5. The van der Waals surface area contributed by atoms with Crippen molar-refractivity contribution in [3.63, 3.8) is 0 Å². The monoisotopic (exact) mass is 1810 g/mol. The number of aromatic nitrogens is 11. The molecule has 0 aliphatic rings. The number of ketones is 2. The van der Waals surface area contributed by atoms with Gasteiger partial charge in [-0.15, -0.1) is 6.58 Å². The molecule has 0 saturated heterocycles. The number of nitrogens with one attached hydrogen (secondary N) is 6. The van der Waals surface area contributed by atoms with Gasteiger partial charge in [0.15, 0.2) is 17.6 Å². The van der Waals surface area contributed by atoms with Crippen LogP contribution in [0.5, 0.6) is 0 Å². The SMILES string of the molecule is C=CCC(C)O.CCO.CCO.CCOC(=O)c1cc(/C=C/CC(C)=O)c[nH]1.CCOC(=O)c1cc(/C=C/CC(C)O)c[nH]1.CCOC(=O)c1cc(Br)c[nH]1.CCOC(=O)c1cc(CCCC(C)=O)c[nH]1.CCOC(=O)c1cc(CCCc2ccc3cccnc3n2)c[nH]1.Nc1ncccc1C=O.O=C(O)c1cc(CCCc2ccc3cccnc3n2)c[nH]1.[Na+].[OH-]. The van der Waals surface area contributed by atoms with Crippen LogP contribution >= 0.6 is 15.9 Å². The summed E-state index contributed by atoms with van der Waals surface area (Å²) in [6.07, 6.45) is 33.9. The Labute approximate surface area is 765 Å². The van der Waals surface area contributed by atoms with Crippen molar-refractivity contribution in [1.82, 2.24) is 54.8 Å². The minimum atomic E-state index is -0.927. The largest absolute Gasteiger partial charge is 1.00 e. The van der Waals surface area contributed by atoms with E-state index in [4.69, 9.17) is 55.0 Å². The molecule has 0 aliphatic heterocycles. The zero-order valence-electron chi connectivity index (χ0n) is 73.8. The summed E-state index contributed by atoms with van der Waals surface area (Å²) in [5, 5.41) is 43.6. The second-order valence-corrected chi connectivity index (χ2v) is 27.4. The number of fused-ring (bicyclic) bond motifs is 2. The maximum absolute atomic E-state index is 11.6. The molecular formula is C92H120BrN12NaO20. The van der Waals surface area contributed by atoms with Crippen molar-refractivity contribution in [2.75, 3.05) is 52.0 Å². The number of pyridine rings is 5. The normalized spacial score (nSPS) is 10.5. The van der Waals surface area contributed by atoms with Gasteiger partial charge in [0.25, 0.3) is 0 Å². The van der Waals surface area contributed by atoms with Crippen molar-refractivity contribution in [1.29, 1.82) is 0 Å². The van der Waals surface area contributed by atoms with Crippen LogP contribution in [0.3, 0.4) is 0 Å². The molecule has 0 saturated carbocycles. The molecule has 0 fully saturated rings. The number of carbonyl (C=O) groups is 9. The van der Waals surface area contributed by atoms with Crippen LogP contribution in [-0.2, 0) is 65.4 Å². The summed E-state index contributed by atoms with van der Waals surface area (Å²) in [6, 6.07) is 29.6. The van der Waals surface area contributed by atoms with Gasteiger partial charge in [-0.3, -0.25) is 9.59 Å². The number of Topliss-reactive ketones (excluding diaryl/α,β-unsaturated/α-hetero) is 2. The molecule has 2 unspecified atom stereocenters. The maximum Gasteiger partial charge on any atom is 1.00 e. The molecule has 11 aromatic heterocycles. The fraction of sp³-hybridized carbons (Fsp3) is 0.348. The number of hydrogen-bond donors (Lipinski definition) is 12. The number of aldehydes is 1. The van der Waals surface area contributed by atoms with Crippen LogP contribution < -0.4 is 35.3 Å². The summed E-state index contributed by atoms with van der Waals surface area (Å²) in [6.45, 7) is 24.6. The van der Waals surface area contributed by atoms with E-state index in [0.717, 1.165) is 117 Å². The van der Waals surface area contributed by atoms with E-state index >= 15 is 0 Å². The van der Waals surface area contributed by atoms with Crippen molar-refractivity contribution in [3.8, 4) is 0 Å². The van der Waals surface area contributed by atoms with Gasteiger partial charge in [-0.2, -0.15) is 0 Å². The summed E-state index contributed by atoms with van der Waals surface area (Å²) < 4.78 is 25.1. The third-order valence-corrected chi connectivity index (χ3v) is 16.3. The number of halogens is 1. The van der Waals surface area contributed by atoms with Crippen LogP contribution in [0.15, 0.2) is 182 Å². The molecule has 0 aromatic carbocycles. The number of nitrogens with two attached hydrogens (primary N) is 1. The molecule has 11 aromatic rings. The number of carboxylic acids is 1. The summed E-state index contributed by atoms with van der Waals surface area (Å²) in [5.74, 6) is -2.01. The summed E-state index contributed by atoms with van der Waals surface area (Å²) in [4.78, 5) is 137. The molecule has 34 heteroatoms. The number of nitrogen functional groups attached to an aromatic ring is 1. The van der Waals surface area contributed by atoms with E-state index in [1.54, 1.807) is 180 Å². The second kappa shape index (κ2) is 68.4. The standard InChI is InChI=1S/C18H19N3O2.C16H15N3O2.2C12H17NO3.C12H15NO3.C7H8BrNO2.C6H6N2O.C5H10O.2C2H6O.Na.H2O/c1-2-23-18(22)16-11-13(12-20-16)5-3-7-15-9-8-14-6-4-10-19-17(14)21-15;20-16(21)14-9-11(10-18-14)3-1-5-13-7-6-12-4-2-8-17-15(12)19-13;3*1-3-16-12(15)11-7-10(8-13-11)6-4-5-9(2)14;1-2-11-7(10)6-3-5(8)4-9-6;7-6-5(4-9)2-1-3-8-6;1-3-4-5(2)6;2*1-2-3;;/h4,6,8-12,20H,2-3,5,7H2,1H3;2,4,6-10,18H,1,3,5H2,(H,20,21);7-8,13H,3-6H2,1-2H3;4,6-9,13-14H,3,5H2,1-2H3;4,6-8,13H,3,5H2,1-2H3;3-4,9H,2H2,1H3;1-4H,(H2,7,8);3,5-6H,1,4H2,2H3;2*3H,2H2,1H3;;1H2/q;;;;;;;;;;+1;/p-1/b;;;2*6-4+;;;;;;;. The molecule has 0 amide bonds. The number of allylic oxidation sites excluding steroid dienone is 1. The first-order valence-corrected chi connectivity index (χ1v) is 41.2. The van der Waals surface area contributed by atoms with Gasteiger partial charge >= 0.3 is 65.4 Å². The van der Waals surface area contributed by atoms with Gasteiger partial charge in [0.1, 0.15) is 51.5 Å². The van der Waals surface area contributed by atoms with Gasteiger partial charge in [0, 0.05) is 108 Å². The number of aliphatic hydroxyl groups excluding tert-OH is 4. The number of H-pyrrole nitrogens is 6. The Bertz CT molecular complexity index is 5020. The quantitative estimate of drug-likeness (QED) is 0.00612. The third kappa shape index (κ3) is 49.5. The smallest absolute Gasteiger partial charge is 0.870 e. The first kappa shape index (κ1) is 114. The Hall–Kier alpha value is -11.9. The predicted octanol–water partition coefficient (Wildman–Crippen LogP) is 12.6. The number of rotatable bonds is 32. The molecule has 0 radical (unpaired) electrons. The first-order valence-electron chi connectivity index (χ1n) is 40.4. The summed E-state index contributed by atoms with van der Waals surface area (Å²) in [7, 11) is 0. The second-order valence-electron chi connectivity index (χ2n) is 26.5. The molecule has 11 rings (SSSR count). The fourth-order valence-electron chi connectivity index (χ4n) is 10.2. The fourth-order valence-corrected chi connectivity index (χ4v) is 10.5. The average Bonchev–Trinajstić information content (AvgIpc) is 1.71. The van der Waals surface area contributed by atoms with Crippen LogP contribution in [0.4, 0.5) is 5.82 Å². The number of carbonyl (C=O) groups excluding carboxylic acids is 8.